The summed E-state index contributed by atoms with van der Waals surface area (Å²) in [6.07, 6.45) is 6.33. The molecule has 3 aromatic carbocycles. The minimum absolute atomic E-state index is 0.807. The number of unbranched alkanes of at least 4 members (excludes halogenated alkanes) is 4. The van der Waals surface area contributed by atoms with E-state index in [9.17, 15) is 0 Å². The van der Waals surface area contributed by atoms with E-state index >= 15 is 0 Å². The number of rotatable bonds is 7. The molecule has 0 saturated carbocycles. The maximum atomic E-state index is 6.21. The normalized spacial score (nSPS) is 11.1. The van der Waals surface area contributed by atoms with Crippen molar-refractivity contribution in [1.82, 2.24) is 0 Å². The van der Waals surface area contributed by atoms with Crippen molar-refractivity contribution in [3.63, 3.8) is 0 Å². The van der Waals surface area contributed by atoms with Gasteiger partial charge in [-0.15, -0.1) is 0 Å². The number of hydrogen-bond acceptors (Lipinski definition) is 1. The maximum Gasteiger partial charge on any atom is 0.134 e. The Balaban J connectivity index is 1.85. The third-order valence-electron chi connectivity index (χ3n) is 4.22. The number of fused-ring (bicyclic) bond motifs is 2. The standard InChI is InChI=1S/C21H24O/c1-2-3-4-5-10-15-22-21-19-13-8-6-11-17(19)16-18-12-7-9-14-20(18)21/h6-9,11-14,16H,2-5,10,15H2,1H3. The average Bonchev–Trinajstić information content (AvgIpc) is 2.57. The molecule has 0 bridgehead atoms. The summed E-state index contributed by atoms with van der Waals surface area (Å²) in [4.78, 5) is 0. The monoisotopic (exact) mass is 292 g/mol. The van der Waals surface area contributed by atoms with Crippen molar-refractivity contribution in [3.8, 4) is 5.75 Å². The second-order valence-corrected chi connectivity index (χ2v) is 5.91. The zero-order valence-corrected chi connectivity index (χ0v) is 13.3. The van der Waals surface area contributed by atoms with E-state index in [1.165, 1.54) is 47.2 Å². The Kier molecular flexibility index (Phi) is 4.95. The minimum atomic E-state index is 0.807. The molecule has 3 aromatic rings. The molecule has 3 rings (SSSR count). The van der Waals surface area contributed by atoms with E-state index in [0.29, 0.717) is 0 Å². The van der Waals surface area contributed by atoms with Crippen LogP contribution in [0.2, 0.25) is 0 Å². The van der Waals surface area contributed by atoms with Gasteiger partial charge >= 0.3 is 0 Å². The van der Waals surface area contributed by atoms with Gasteiger partial charge in [-0.1, -0.05) is 81.1 Å². The predicted molar refractivity (Wildman–Crippen MR) is 95.7 cm³/mol. The van der Waals surface area contributed by atoms with E-state index in [2.05, 4.69) is 61.5 Å². The number of ether oxygens (including phenoxy) is 1. The molecule has 0 heterocycles. The molecule has 0 unspecified atom stereocenters. The van der Waals surface area contributed by atoms with Crippen molar-refractivity contribution < 1.29 is 4.74 Å². The number of benzene rings is 3. The van der Waals surface area contributed by atoms with Crippen molar-refractivity contribution >= 4 is 21.5 Å². The minimum Gasteiger partial charge on any atom is -0.492 e. The van der Waals surface area contributed by atoms with E-state index < -0.39 is 0 Å². The summed E-state index contributed by atoms with van der Waals surface area (Å²) >= 11 is 0. The molecule has 22 heavy (non-hydrogen) atoms. The van der Waals surface area contributed by atoms with Crippen LogP contribution in [-0.2, 0) is 0 Å². The first-order chi connectivity index (χ1) is 10.9. The first kappa shape index (κ1) is 14.9. The SMILES string of the molecule is CCCCCCCOc1c2ccccc2cc2ccccc12. The van der Waals surface area contributed by atoms with Gasteiger partial charge in [-0.25, -0.2) is 0 Å². The highest BCUT2D eigenvalue weighted by molar-refractivity contribution is 6.05. The van der Waals surface area contributed by atoms with Crippen LogP contribution in [-0.4, -0.2) is 6.61 Å². The van der Waals surface area contributed by atoms with Gasteiger partial charge in [-0.3, -0.25) is 0 Å². The maximum absolute atomic E-state index is 6.21. The van der Waals surface area contributed by atoms with Gasteiger partial charge in [-0.2, -0.15) is 0 Å². The molecule has 0 atom stereocenters. The molecular weight excluding hydrogens is 268 g/mol. The van der Waals surface area contributed by atoms with Gasteiger partial charge < -0.3 is 4.74 Å². The lowest BCUT2D eigenvalue weighted by atomic mass is 10.0. The van der Waals surface area contributed by atoms with Crippen molar-refractivity contribution in [1.29, 1.82) is 0 Å². The summed E-state index contributed by atoms with van der Waals surface area (Å²) in [5, 5.41) is 4.94. The van der Waals surface area contributed by atoms with Gasteiger partial charge in [0.25, 0.3) is 0 Å². The Morgan fingerprint density at radius 2 is 1.32 bits per heavy atom. The van der Waals surface area contributed by atoms with Gasteiger partial charge in [-0.05, 0) is 23.3 Å². The van der Waals surface area contributed by atoms with Crippen LogP contribution in [0.5, 0.6) is 5.75 Å². The molecule has 0 saturated heterocycles. The third kappa shape index (κ3) is 3.24. The zero-order valence-electron chi connectivity index (χ0n) is 13.3. The quantitative estimate of drug-likeness (QED) is 0.364. The summed E-state index contributed by atoms with van der Waals surface area (Å²) < 4.78 is 6.21. The van der Waals surface area contributed by atoms with E-state index in [1.807, 2.05) is 0 Å². The summed E-state index contributed by atoms with van der Waals surface area (Å²) in [6.45, 7) is 3.06. The van der Waals surface area contributed by atoms with Gasteiger partial charge in [0.15, 0.2) is 0 Å². The fourth-order valence-electron chi connectivity index (χ4n) is 3.01. The van der Waals surface area contributed by atoms with Crippen LogP contribution < -0.4 is 4.74 Å². The fraction of sp³-hybridized carbons (Fsp3) is 0.333. The Labute approximate surface area is 132 Å². The van der Waals surface area contributed by atoms with Crippen LogP contribution in [0.3, 0.4) is 0 Å². The molecule has 0 aliphatic rings. The molecule has 0 aromatic heterocycles. The van der Waals surface area contributed by atoms with Crippen molar-refractivity contribution in [2.45, 2.75) is 39.0 Å². The van der Waals surface area contributed by atoms with Gasteiger partial charge in [0.2, 0.25) is 0 Å². The second kappa shape index (κ2) is 7.31. The van der Waals surface area contributed by atoms with Crippen LogP contribution in [0.1, 0.15) is 39.0 Å². The molecule has 0 radical (unpaired) electrons. The first-order valence-corrected chi connectivity index (χ1v) is 8.43. The van der Waals surface area contributed by atoms with Crippen LogP contribution >= 0.6 is 0 Å². The molecule has 0 spiro atoms. The largest absolute Gasteiger partial charge is 0.492 e. The summed E-state index contributed by atoms with van der Waals surface area (Å²) in [6, 6.07) is 19.3. The average molecular weight is 292 g/mol. The molecule has 114 valence electrons. The van der Waals surface area contributed by atoms with Gasteiger partial charge in [0.1, 0.15) is 5.75 Å². The van der Waals surface area contributed by atoms with Gasteiger partial charge in [0.05, 0.1) is 6.61 Å². The molecule has 1 nitrogen and oxygen atoms in total. The van der Waals surface area contributed by atoms with Crippen molar-refractivity contribution in [3.05, 3.63) is 54.6 Å². The highest BCUT2D eigenvalue weighted by Crippen LogP contribution is 2.34. The van der Waals surface area contributed by atoms with E-state index in [-0.39, 0.29) is 0 Å². The lowest BCUT2D eigenvalue weighted by Crippen LogP contribution is -1.99. The van der Waals surface area contributed by atoms with Gasteiger partial charge in [0, 0.05) is 10.8 Å². The van der Waals surface area contributed by atoms with Crippen molar-refractivity contribution in [2.75, 3.05) is 6.61 Å². The summed E-state index contributed by atoms with van der Waals surface area (Å²) in [5.41, 5.74) is 0. The molecule has 0 aliphatic carbocycles. The smallest absolute Gasteiger partial charge is 0.134 e. The molecule has 1 heteroatoms. The third-order valence-corrected chi connectivity index (χ3v) is 4.22. The summed E-state index contributed by atoms with van der Waals surface area (Å²) in [7, 11) is 0. The van der Waals surface area contributed by atoms with E-state index in [4.69, 9.17) is 4.74 Å². The van der Waals surface area contributed by atoms with E-state index in [0.717, 1.165) is 18.8 Å². The van der Waals surface area contributed by atoms with Crippen LogP contribution in [0.15, 0.2) is 54.6 Å². The fourth-order valence-corrected chi connectivity index (χ4v) is 3.01. The molecule has 0 aliphatic heterocycles. The lowest BCUT2D eigenvalue weighted by Gasteiger charge is -2.13. The van der Waals surface area contributed by atoms with Crippen molar-refractivity contribution in [2.24, 2.45) is 0 Å². The molecular formula is C21H24O. The highest BCUT2D eigenvalue weighted by Gasteiger charge is 2.08. The Bertz CT molecular complexity index is 691. The number of hydrogen-bond donors (Lipinski definition) is 0. The topological polar surface area (TPSA) is 9.23 Å². The zero-order chi connectivity index (χ0) is 15.2. The highest BCUT2D eigenvalue weighted by atomic mass is 16.5. The first-order valence-electron chi connectivity index (χ1n) is 8.43. The predicted octanol–water partition coefficient (Wildman–Crippen LogP) is 6.34. The second-order valence-electron chi connectivity index (χ2n) is 5.91. The summed E-state index contributed by atoms with van der Waals surface area (Å²) in [5.74, 6) is 1.05. The molecule has 0 fully saturated rings. The van der Waals surface area contributed by atoms with Crippen LogP contribution in [0.4, 0.5) is 0 Å². The van der Waals surface area contributed by atoms with E-state index in [1.54, 1.807) is 0 Å². The van der Waals surface area contributed by atoms with Crippen LogP contribution in [0, 0.1) is 0 Å². The Morgan fingerprint density at radius 3 is 1.95 bits per heavy atom. The molecule has 0 amide bonds. The van der Waals surface area contributed by atoms with Crippen LogP contribution in [0.25, 0.3) is 21.5 Å². The Hall–Kier alpha value is -2.02. The molecule has 0 N–H and O–H groups in total. The Morgan fingerprint density at radius 1 is 0.727 bits per heavy atom. The lowest BCUT2D eigenvalue weighted by molar-refractivity contribution is 0.311.